The van der Waals surface area contributed by atoms with Gasteiger partial charge in [0, 0.05) is 22.8 Å². The minimum atomic E-state index is -0.0716. The van der Waals surface area contributed by atoms with E-state index in [1.165, 1.54) is 16.9 Å². The monoisotopic (exact) mass is 375 g/mol. The lowest BCUT2D eigenvalue weighted by Crippen LogP contribution is -2.21. The molecule has 3 aromatic rings. The third-order valence-corrected chi connectivity index (χ3v) is 4.99. The van der Waals surface area contributed by atoms with Crippen molar-refractivity contribution in [2.24, 2.45) is 0 Å². The summed E-state index contributed by atoms with van der Waals surface area (Å²) in [6.07, 6.45) is 3.74. The number of thiophene rings is 1. The van der Waals surface area contributed by atoms with E-state index in [4.69, 9.17) is 0 Å². The van der Waals surface area contributed by atoms with E-state index >= 15 is 0 Å². The summed E-state index contributed by atoms with van der Waals surface area (Å²) >= 11 is 4.79. The summed E-state index contributed by atoms with van der Waals surface area (Å²) in [5.41, 5.74) is 2.18. The molecule has 6 heteroatoms. The van der Waals surface area contributed by atoms with Gasteiger partial charge in [-0.3, -0.25) is 9.48 Å². The molecule has 0 spiro atoms. The van der Waals surface area contributed by atoms with Crippen LogP contribution in [0.5, 0.6) is 0 Å². The Bertz CT molecular complexity index is 767. The number of halogens is 1. The zero-order valence-corrected chi connectivity index (χ0v) is 14.1. The molecule has 0 atom stereocenters. The molecule has 0 aliphatic rings. The minimum absolute atomic E-state index is 0.0716. The Morgan fingerprint density at radius 3 is 2.77 bits per heavy atom. The Balaban J connectivity index is 1.58. The SMILES string of the molecule is O=C(NCc1cnn(Cc2ccccc2)c1)c1sccc1Br. The first-order valence-electron chi connectivity index (χ1n) is 6.79. The summed E-state index contributed by atoms with van der Waals surface area (Å²) in [6, 6.07) is 12.0. The topological polar surface area (TPSA) is 46.9 Å². The molecule has 1 amide bonds. The standard InChI is InChI=1S/C16H14BrN3OS/c17-14-6-7-22-15(14)16(21)18-8-13-9-19-20(11-13)10-12-4-2-1-3-5-12/h1-7,9,11H,8,10H2,(H,18,21). The maximum atomic E-state index is 12.0. The maximum absolute atomic E-state index is 12.0. The molecule has 1 aromatic carbocycles. The maximum Gasteiger partial charge on any atom is 0.262 e. The van der Waals surface area contributed by atoms with E-state index in [-0.39, 0.29) is 5.91 Å². The molecule has 0 bridgehead atoms. The summed E-state index contributed by atoms with van der Waals surface area (Å²) in [5, 5.41) is 9.12. The molecule has 0 saturated heterocycles. The summed E-state index contributed by atoms with van der Waals surface area (Å²) in [5.74, 6) is -0.0716. The molecule has 0 saturated carbocycles. The van der Waals surface area contributed by atoms with Crippen LogP contribution in [0.3, 0.4) is 0 Å². The number of rotatable bonds is 5. The second-order valence-corrected chi connectivity index (χ2v) is 6.58. The van der Waals surface area contributed by atoms with Crippen molar-refractivity contribution in [3.63, 3.8) is 0 Å². The van der Waals surface area contributed by atoms with Gasteiger partial charge < -0.3 is 5.32 Å². The van der Waals surface area contributed by atoms with Gasteiger partial charge in [-0.2, -0.15) is 5.10 Å². The Morgan fingerprint density at radius 2 is 2.05 bits per heavy atom. The molecule has 112 valence electrons. The summed E-state index contributed by atoms with van der Waals surface area (Å²) in [6.45, 7) is 1.20. The van der Waals surface area contributed by atoms with Gasteiger partial charge in [0.05, 0.1) is 12.7 Å². The van der Waals surface area contributed by atoms with E-state index in [0.29, 0.717) is 11.4 Å². The normalized spacial score (nSPS) is 10.6. The van der Waals surface area contributed by atoms with Gasteiger partial charge in [-0.25, -0.2) is 0 Å². The van der Waals surface area contributed by atoms with Crippen molar-refractivity contribution in [1.82, 2.24) is 15.1 Å². The molecule has 0 aliphatic carbocycles. The fourth-order valence-electron chi connectivity index (χ4n) is 2.07. The molecular formula is C16H14BrN3OS. The molecule has 4 nitrogen and oxygen atoms in total. The number of nitrogens with one attached hydrogen (secondary N) is 1. The fourth-order valence-corrected chi connectivity index (χ4v) is 3.54. The van der Waals surface area contributed by atoms with Crippen LogP contribution in [0.1, 0.15) is 20.8 Å². The van der Waals surface area contributed by atoms with Crippen molar-refractivity contribution >= 4 is 33.2 Å². The molecule has 0 fully saturated rings. The second-order valence-electron chi connectivity index (χ2n) is 4.81. The van der Waals surface area contributed by atoms with Gasteiger partial charge in [0.15, 0.2) is 0 Å². The van der Waals surface area contributed by atoms with E-state index in [9.17, 15) is 4.79 Å². The Kier molecular flexibility index (Phi) is 4.70. The van der Waals surface area contributed by atoms with Crippen molar-refractivity contribution in [2.45, 2.75) is 13.1 Å². The molecule has 0 aliphatic heterocycles. The third-order valence-electron chi connectivity index (χ3n) is 3.15. The van der Waals surface area contributed by atoms with Crippen molar-refractivity contribution in [3.8, 4) is 0 Å². The summed E-state index contributed by atoms with van der Waals surface area (Å²) in [4.78, 5) is 12.7. The van der Waals surface area contributed by atoms with E-state index in [0.717, 1.165) is 16.6 Å². The lowest BCUT2D eigenvalue weighted by molar-refractivity contribution is 0.0954. The number of nitrogens with zero attached hydrogens (tertiary/aromatic N) is 2. The molecule has 2 aromatic heterocycles. The number of hydrogen-bond donors (Lipinski definition) is 1. The Labute approximate surface area is 140 Å². The third kappa shape index (κ3) is 3.64. The molecule has 0 radical (unpaired) electrons. The predicted octanol–water partition coefficient (Wildman–Crippen LogP) is 3.69. The summed E-state index contributed by atoms with van der Waals surface area (Å²) < 4.78 is 2.70. The van der Waals surface area contributed by atoms with Crippen molar-refractivity contribution < 1.29 is 4.79 Å². The minimum Gasteiger partial charge on any atom is -0.347 e. The number of amides is 1. The zero-order chi connectivity index (χ0) is 15.4. The first kappa shape index (κ1) is 15.0. The van der Waals surface area contributed by atoms with Crippen LogP contribution >= 0.6 is 27.3 Å². The van der Waals surface area contributed by atoms with Crippen LogP contribution in [-0.2, 0) is 13.1 Å². The van der Waals surface area contributed by atoms with E-state index < -0.39 is 0 Å². The molecule has 22 heavy (non-hydrogen) atoms. The van der Waals surface area contributed by atoms with Crippen LogP contribution in [0, 0.1) is 0 Å². The van der Waals surface area contributed by atoms with Gasteiger partial charge in [0.25, 0.3) is 5.91 Å². The lowest BCUT2D eigenvalue weighted by atomic mass is 10.2. The number of benzene rings is 1. The highest BCUT2D eigenvalue weighted by atomic mass is 79.9. The first-order valence-corrected chi connectivity index (χ1v) is 8.46. The Hall–Kier alpha value is -1.92. The highest BCUT2D eigenvalue weighted by Crippen LogP contribution is 2.22. The molecule has 1 N–H and O–H groups in total. The molecular weight excluding hydrogens is 362 g/mol. The second kappa shape index (κ2) is 6.89. The average molecular weight is 376 g/mol. The summed E-state index contributed by atoms with van der Waals surface area (Å²) in [7, 11) is 0. The molecule has 3 rings (SSSR count). The number of carbonyl (C=O) groups excluding carboxylic acids is 1. The molecule has 0 unspecified atom stereocenters. The van der Waals surface area contributed by atoms with Crippen molar-refractivity contribution in [3.05, 3.63) is 74.6 Å². The highest BCUT2D eigenvalue weighted by Gasteiger charge is 2.11. The van der Waals surface area contributed by atoms with Gasteiger partial charge in [-0.1, -0.05) is 30.3 Å². The predicted molar refractivity (Wildman–Crippen MR) is 91.0 cm³/mol. The van der Waals surface area contributed by atoms with Crippen LogP contribution in [0.2, 0.25) is 0 Å². The van der Waals surface area contributed by atoms with Gasteiger partial charge in [-0.05, 0) is 32.9 Å². The van der Waals surface area contributed by atoms with Crippen LogP contribution in [0.4, 0.5) is 0 Å². The average Bonchev–Trinajstić information content (AvgIpc) is 3.15. The molecule has 2 heterocycles. The highest BCUT2D eigenvalue weighted by molar-refractivity contribution is 9.10. The van der Waals surface area contributed by atoms with Gasteiger partial charge in [0.2, 0.25) is 0 Å². The van der Waals surface area contributed by atoms with Crippen LogP contribution in [-0.4, -0.2) is 15.7 Å². The lowest BCUT2D eigenvalue weighted by Gasteiger charge is -2.02. The van der Waals surface area contributed by atoms with E-state index in [1.54, 1.807) is 6.20 Å². The van der Waals surface area contributed by atoms with E-state index in [2.05, 4.69) is 38.5 Å². The van der Waals surface area contributed by atoms with Crippen LogP contribution in [0.15, 0.2) is 58.6 Å². The van der Waals surface area contributed by atoms with Crippen LogP contribution < -0.4 is 5.32 Å². The number of hydrogen-bond acceptors (Lipinski definition) is 3. The van der Waals surface area contributed by atoms with Gasteiger partial charge >= 0.3 is 0 Å². The fraction of sp³-hybridized carbons (Fsp3) is 0.125. The van der Waals surface area contributed by atoms with E-state index in [1.807, 2.05) is 40.5 Å². The van der Waals surface area contributed by atoms with Crippen molar-refractivity contribution in [1.29, 1.82) is 0 Å². The van der Waals surface area contributed by atoms with Gasteiger partial charge in [0.1, 0.15) is 4.88 Å². The van der Waals surface area contributed by atoms with Crippen molar-refractivity contribution in [2.75, 3.05) is 0 Å². The number of aromatic nitrogens is 2. The smallest absolute Gasteiger partial charge is 0.262 e. The zero-order valence-electron chi connectivity index (χ0n) is 11.7. The Morgan fingerprint density at radius 1 is 1.23 bits per heavy atom. The van der Waals surface area contributed by atoms with Gasteiger partial charge in [-0.15, -0.1) is 11.3 Å². The quantitative estimate of drug-likeness (QED) is 0.739. The van der Waals surface area contributed by atoms with Crippen LogP contribution in [0.25, 0.3) is 0 Å². The largest absolute Gasteiger partial charge is 0.347 e. The first-order chi connectivity index (χ1) is 10.7. The number of carbonyl (C=O) groups is 1.